The van der Waals surface area contributed by atoms with Crippen LogP contribution in [0.3, 0.4) is 0 Å². The number of rotatable bonds is 1. The van der Waals surface area contributed by atoms with Crippen LogP contribution < -0.4 is 5.32 Å². The summed E-state index contributed by atoms with van der Waals surface area (Å²) in [7, 11) is 3.55. The van der Waals surface area contributed by atoms with Crippen molar-refractivity contribution in [2.75, 3.05) is 12.4 Å². The molecule has 2 heterocycles. The summed E-state index contributed by atoms with van der Waals surface area (Å²) in [5.41, 5.74) is 8.75. The van der Waals surface area contributed by atoms with Gasteiger partial charge in [0, 0.05) is 35.2 Å². The molecule has 14 heavy (non-hydrogen) atoms. The van der Waals surface area contributed by atoms with Crippen LogP contribution in [-0.4, -0.2) is 26.6 Å². The minimum atomic E-state index is 0. The molecule has 0 unspecified atom stereocenters. The Labute approximate surface area is 95.2 Å². The molecule has 0 atom stereocenters. The number of nitrogens with zero attached hydrogens (tertiary/aromatic N) is 4. The summed E-state index contributed by atoms with van der Waals surface area (Å²) in [6, 6.07) is 0. The fraction of sp³-hybridized carbons (Fsp3) is 0.286. The van der Waals surface area contributed by atoms with Crippen molar-refractivity contribution >= 4 is 22.9 Å². The number of hydrogen-bond acceptors (Lipinski definition) is 4. The number of aryl methyl sites for hydroxylation is 1. The molecular weight excluding hydrogens is 352 g/mol. The molecule has 0 radical (unpaired) electrons. The van der Waals surface area contributed by atoms with Gasteiger partial charge in [0.25, 0.3) is 0 Å². The summed E-state index contributed by atoms with van der Waals surface area (Å²) in [5, 5.41) is 2.79. The summed E-state index contributed by atoms with van der Waals surface area (Å²) in [6.45, 7) is 0. The monoisotopic (exact) mass is 361 g/mol. The maximum Gasteiger partial charge on any atom is 0.161 e. The summed E-state index contributed by atoms with van der Waals surface area (Å²) in [4.78, 5) is 12.1. The fourth-order valence-corrected chi connectivity index (χ4v) is 1.12. The molecule has 2 N–H and O–H groups in total. The number of aromatic nitrogens is 4. The van der Waals surface area contributed by atoms with Crippen LogP contribution in [-0.2, 0) is 28.1 Å². The zero-order chi connectivity index (χ0) is 9.42. The molecule has 6 nitrogen and oxygen atoms in total. The number of nitrogens with one attached hydrogen (secondary N) is 2. The quantitative estimate of drug-likeness (QED) is 0.825. The van der Waals surface area contributed by atoms with E-state index in [9.17, 15) is 0 Å². The minimum absolute atomic E-state index is 0. The second kappa shape index (κ2) is 3.92. The van der Waals surface area contributed by atoms with Crippen LogP contribution >= 0.6 is 0 Å². The van der Waals surface area contributed by atoms with Gasteiger partial charge in [0.1, 0.15) is 11.5 Å². The normalized spacial score (nSPS) is 9.86. The Balaban J connectivity index is 0.000000980. The second-order valence-corrected chi connectivity index (χ2v) is 2.67. The molecule has 0 aliphatic carbocycles. The third kappa shape index (κ3) is 1.57. The Bertz CT molecular complexity index is 451. The van der Waals surface area contributed by atoms with Gasteiger partial charge in [-0.3, -0.25) is 0 Å². The van der Waals surface area contributed by atoms with Crippen LogP contribution in [0.2, 0.25) is 0 Å². The van der Waals surface area contributed by atoms with E-state index in [1.807, 2.05) is 7.05 Å². The van der Waals surface area contributed by atoms with Crippen LogP contribution in [0.25, 0.3) is 16.9 Å². The summed E-state index contributed by atoms with van der Waals surface area (Å²) >= 11 is 0. The van der Waals surface area contributed by atoms with Gasteiger partial charge in [-0.25, -0.2) is 9.97 Å². The Morgan fingerprint density at radius 2 is 2.14 bits per heavy atom. The van der Waals surface area contributed by atoms with Crippen LogP contribution in [0.5, 0.6) is 0 Å². The van der Waals surface area contributed by atoms with E-state index in [1.54, 1.807) is 17.9 Å². The zero-order valence-corrected chi connectivity index (χ0v) is 10.7. The van der Waals surface area contributed by atoms with Crippen molar-refractivity contribution in [3.63, 3.8) is 0 Å². The van der Waals surface area contributed by atoms with Gasteiger partial charge in [0.05, 0.1) is 6.33 Å². The van der Waals surface area contributed by atoms with E-state index in [0.717, 1.165) is 0 Å². The minimum Gasteiger partial charge on any atom is -0.480 e. The van der Waals surface area contributed by atoms with Gasteiger partial charge in [-0.2, -0.15) is 0 Å². The van der Waals surface area contributed by atoms with E-state index in [4.69, 9.17) is 5.73 Å². The van der Waals surface area contributed by atoms with Crippen molar-refractivity contribution in [1.82, 2.24) is 19.5 Å². The van der Waals surface area contributed by atoms with Crippen LogP contribution in [0.4, 0.5) is 11.8 Å². The van der Waals surface area contributed by atoms with Gasteiger partial charge in [0.2, 0.25) is 0 Å². The molecule has 0 saturated heterocycles. The Hall–Kier alpha value is -1.16. The smallest absolute Gasteiger partial charge is 0.161 e. The third-order valence-electron chi connectivity index (χ3n) is 1.78. The molecule has 74 valence electrons. The average molecular weight is 361 g/mol. The first-order chi connectivity index (χ1) is 6.22. The molecule has 0 saturated carbocycles. The van der Waals surface area contributed by atoms with Gasteiger partial charge in [-0.15, -0.1) is 0 Å². The van der Waals surface area contributed by atoms with Crippen molar-refractivity contribution in [3.05, 3.63) is 12.1 Å². The molecule has 0 aromatic carbocycles. The molecule has 0 spiro atoms. The Kier molecular flexibility index (Phi) is 3.06. The average Bonchev–Trinajstić information content (AvgIpc) is 2.48. The van der Waals surface area contributed by atoms with E-state index in [0.29, 0.717) is 17.1 Å². The number of anilines is 1. The van der Waals surface area contributed by atoms with Gasteiger partial charge < -0.3 is 20.6 Å². The third-order valence-corrected chi connectivity index (χ3v) is 1.78. The maximum absolute atomic E-state index is 7.55. The second-order valence-electron chi connectivity index (χ2n) is 2.67. The first-order valence-electron chi connectivity index (χ1n) is 3.81. The summed E-state index contributed by atoms with van der Waals surface area (Å²) < 4.78 is 1.76. The molecule has 0 amide bonds. The molecule has 2 rings (SSSR count). The fourth-order valence-electron chi connectivity index (χ4n) is 1.12. The Morgan fingerprint density at radius 3 is 2.79 bits per heavy atom. The van der Waals surface area contributed by atoms with Crippen molar-refractivity contribution in [1.29, 1.82) is 0 Å². The van der Waals surface area contributed by atoms with E-state index < -0.39 is 0 Å². The van der Waals surface area contributed by atoms with Crippen molar-refractivity contribution in [2.24, 2.45) is 7.05 Å². The van der Waals surface area contributed by atoms with E-state index >= 15 is 0 Å². The number of fused-ring (bicyclic) bond motifs is 1. The van der Waals surface area contributed by atoms with Gasteiger partial charge >= 0.3 is 0 Å². The molecule has 0 fully saturated rings. The van der Waals surface area contributed by atoms with Crippen LogP contribution in [0, 0.1) is 0 Å². The van der Waals surface area contributed by atoms with Gasteiger partial charge in [-0.1, -0.05) is 0 Å². The molecule has 0 aliphatic rings. The predicted molar refractivity (Wildman–Crippen MR) is 49.8 cm³/mol. The first-order valence-corrected chi connectivity index (χ1v) is 3.81. The number of hydrogen-bond donors (Lipinski definition) is 1. The SMILES string of the molecule is CNc1nc([NH-])c2ncn(C)c2n1.[W]. The van der Waals surface area contributed by atoms with Crippen LogP contribution in [0.1, 0.15) is 0 Å². The topological polar surface area (TPSA) is 79.4 Å². The van der Waals surface area contributed by atoms with Crippen LogP contribution in [0.15, 0.2) is 6.33 Å². The molecule has 2 aromatic rings. The zero-order valence-electron chi connectivity index (χ0n) is 7.77. The van der Waals surface area contributed by atoms with E-state index in [-0.39, 0.29) is 26.9 Å². The summed E-state index contributed by atoms with van der Waals surface area (Å²) in [6.07, 6.45) is 1.62. The first kappa shape index (κ1) is 10.9. The summed E-state index contributed by atoms with van der Waals surface area (Å²) in [5.74, 6) is 0.594. The van der Waals surface area contributed by atoms with Gasteiger partial charge in [0.15, 0.2) is 5.65 Å². The van der Waals surface area contributed by atoms with Gasteiger partial charge in [-0.05, 0) is 5.82 Å². The number of imidazole rings is 1. The maximum atomic E-state index is 7.55. The molecule has 7 heteroatoms. The van der Waals surface area contributed by atoms with Crippen molar-refractivity contribution in [3.8, 4) is 0 Å². The molecule has 0 aliphatic heterocycles. The standard InChI is InChI=1S/C7H9N6.W/c1-9-7-11-5(8)4-6(12-7)13(2)3-10-4;/h3H,1-2H3,(H2-,8,9,11,12);/q-1;. The van der Waals surface area contributed by atoms with Crippen molar-refractivity contribution in [2.45, 2.75) is 0 Å². The Morgan fingerprint density at radius 1 is 1.43 bits per heavy atom. The predicted octanol–water partition coefficient (Wildman–Crippen LogP) is 1.09. The molecular formula is C7H9N6W-. The molecule has 2 aromatic heterocycles. The molecule has 0 bridgehead atoms. The van der Waals surface area contributed by atoms with E-state index in [1.165, 1.54) is 0 Å². The largest absolute Gasteiger partial charge is 0.480 e. The van der Waals surface area contributed by atoms with E-state index in [2.05, 4.69) is 20.3 Å². The van der Waals surface area contributed by atoms with Crippen molar-refractivity contribution < 1.29 is 21.1 Å².